The van der Waals surface area contributed by atoms with Crippen molar-refractivity contribution in [2.24, 2.45) is 11.7 Å². The summed E-state index contributed by atoms with van der Waals surface area (Å²) < 4.78 is 1.88. The minimum Gasteiger partial charge on any atom is -0.326 e. The number of aromatic nitrogens is 2. The first-order valence-electron chi connectivity index (χ1n) is 6.89. The minimum absolute atomic E-state index is 0. The van der Waals surface area contributed by atoms with Crippen LogP contribution in [0.5, 0.6) is 0 Å². The molecule has 2 aromatic rings. The Kier molecular flexibility index (Phi) is 5.27. The van der Waals surface area contributed by atoms with Gasteiger partial charge in [-0.05, 0) is 30.2 Å². The van der Waals surface area contributed by atoms with Gasteiger partial charge in [-0.25, -0.2) is 4.68 Å². The predicted octanol–water partition coefficient (Wildman–Crippen LogP) is 2.73. The average molecular weight is 327 g/mol. The molecule has 0 bridgehead atoms. The summed E-state index contributed by atoms with van der Waals surface area (Å²) in [6, 6.07) is 7.97. The predicted molar refractivity (Wildman–Crippen MR) is 88.2 cm³/mol. The fourth-order valence-corrected chi connectivity index (χ4v) is 2.79. The Morgan fingerprint density at radius 2 is 2.00 bits per heavy atom. The van der Waals surface area contributed by atoms with Crippen LogP contribution in [0.25, 0.3) is 5.69 Å². The van der Waals surface area contributed by atoms with Gasteiger partial charge < -0.3 is 5.73 Å². The molecule has 0 radical (unpaired) electrons. The van der Waals surface area contributed by atoms with E-state index in [0.29, 0.717) is 12.0 Å². The van der Waals surface area contributed by atoms with Crippen LogP contribution in [-0.4, -0.2) is 33.8 Å². The molecular formula is C15H20Cl2N4. The Morgan fingerprint density at radius 1 is 1.29 bits per heavy atom. The van der Waals surface area contributed by atoms with E-state index in [9.17, 15) is 0 Å². The highest BCUT2D eigenvalue weighted by atomic mass is 35.5. The van der Waals surface area contributed by atoms with Crippen molar-refractivity contribution in [2.75, 3.05) is 13.1 Å². The van der Waals surface area contributed by atoms with E-state index in [-0.39, 0.29) is 12.4 Å². The van der Waals surface area contributed by atoms with Crippen molar-refractivity contribution in [3.63, 3.8) is 0 Å². The average Bonchev–Trinajstić information content (AvgIpc) is 2.99. The lowest BCUT2D eigenvalue weighted by molar-refractivity contribution is 0.319. The number of nitrogens with zero attached hydrogens (tertiary/aromatic N) is 3. The van der Waals surface area contributed by atoms with Gasteiger partial charge in [0, 0.05) is 42.5 Å². The van der Waals surface area contributed by atoms with E-state index >= 15 is 0 Å². The van der Waals surface area contributed by atoms with Crippen LogP contribution in [0.15, 0.2) is 36.7 Å². The molecule has 2 atom stereocenters. The number of likely N-dealkylation sites (tertiary alicyclic amines) is 1. The number of hydrogen-bond acceptors (Lipinski definition) is 3. The van der Waals surface area contributed by atoms with Crippen molar-refractivity contribution in [1.82, 2.24) is 14.7 Å². The van der Waals surface area contributed by atoms with Gasteiger partial charge in [0.15, 0.2) is 0 Å². The molecule has 1 fully saturated rings. The van der Waals surface area contributed by atoms with E-state index in [4.69, 9.17) is 17.3 Å². The normalized spacial score (nSPS) is 22.2. The van der Waals surface area contributed by atoms with Crippen LogP contribution < -0.4 is 5.73 Å². The zero-order valence-electron chi connectivity index (χ0n) is 11.9. The number of hydrogen-bond donors (Lipinski definition) is 1. The summed E-state index contributed by atoms with van der Waals surface area (Å²) in [5.41, 5.74) is 8.29. The second-order valence-electron chi connectivity index (χ2n) is 5.60. The van der Waals surface area contributed by atoms with Crippen LogP contribution in [0, 0.1) is 5.92 Å². The van der Waals surface area contributed by atoms with Crippen molar-refractivity contribution < 1.29 is 0 Å². The lowest BCUT2D eigenvalue weighted by atomic mass is 10.1. The van der Waals surface area contributed by atoms with Gasteiger partial charge in [-0.15, -0.1) is 12.4 Å². The highest BCUT2D eigenvalue weighted by Gasteiger charge is 2.26. The summed E-state index contributed by atoms with van der Waals surface area (Å²) in [6.07, 6.45) is 3.99. The number of benzene rings is 1. The smallest absolute Gasteiger partial charge is 0.0646 e. The Labute approximate surface area is 136 Å². The van der Waals surface area contributed by atoms with E-state index in [0.717, 1.165) is 30.3 Å². The summed E-state index contributed by atoms with van der Waals surface area (Å²) >= 11 is 5.90. The van der Waals surface area contributed by atoms with Crippen LogP contribution >= 0.6 is 24.0 Å². The summed E-state index contributed by atoms with van der Waals surface area (Å²) in [5, 5.41) is 5.15. The Bertz CT molecular complexity index is 572. The molecular weight excluding hydrogens is 307 g/mol. The second-order valence-corrected chi connectivity index (χ2v) is 6.04. The maximum atomic E-state index is 6.06. The second kappa shape index (κ2) is 6.79. The molecule has 1 aromatic carbocycles. The Hall–Kier alpha value is -1.07. The SMILES string of the molecule is CC1CN(Cc2cnn(-c3ccc(Cl)cc3)c2)CC1N.Cl. The number of rotatable bonds is 3. The van der Waals surface area contributed by atoms with Crippen LogP contribution in [0.3, 0.4) is 0 Å². The summed E-state index contributed by atoms with van der Waals surface area (Å²) in [7, 11) is 0. The van der Waals surface area contributed by atoms with Crippen molar-refractivity contribution in [2.45, 2.75) is 19.5 Å². The summed E-state index contributed by atoms with van der Waals surface area (Å²) in [5.74, 6) is 0.571. The fourth-order valence-electron chi connectivity index (χ4n) is 2.66. The zero-order valence-corrected chi connectivity index (χ0v) is 13.5. The topological polar surface area (TPSA) is 47.1 Å². The van der Waals surface area contributed by atoms with E-state index in [1.165, 1.54) is 5.56 Å². The van der Waals surface area contributed by atoms with E-state index in [2.05, 4.69) is 23.1 Å². The van der Waals surface area contributed by atoms with Gasteiger partial charge in [0.05, 0.1) is 11.9 Å². The van der Waals surface area contributed by atoms with Gasteiger partial charge in [-0.2, -0.15) is 5.10 Å². The van der Waals surface area contributed by atoms with Crippen molar-refractivity contribution in [3.8, 4) is 5.69 Å². The van der Waals surface area contributed by atoms with Gasteiger partial charge >= 0.3 is 0 Å². The molecule has 6 heteroatoms. The summed E-state index contributed by atoms with van der Waals surface area (Å²) in [6.45, 7) is 5.15. The molecule has 1 aliphatic heterocycles. The lowest BCUT2D eigenvalue weighted by Crippen LogP contribution is -2.28. The highest BCUT2D eigenvalue weighted by molar-refractivity contribution is 6.30. The first kappa shape index (κ1) is 16.3. The number of halogens is 2. The molecule has 2 N–H and O–H groups in total. The minimum atomic E-state index is 0. The molecule has 4 nitrogen and oxygen atoms in total. The maximum Gasteiger partial charge on any atom is 0.0646 e. The van der Waals surface area contributed by atoms with E-state index in [1.807, 2.05) is 35.1 Å². The Balaban J connectivity index is 0.00000161. The van der Waals surface area contributed by atoms with Crippen molar-refractivity contribution in [1.29, 1.82) is 0 Å². The van der Waals surface area contributed by atoms with Crippen LogP contribution in [0.2, 0.25) is 5.02 Å². The van der Waals surface area contributed by atoms with Crippen molar-refractivity contribution >= 4 is 24.0 Å². The van der Waals surface area contributed by atoms with Crippen LogP contribution in [0.4, 0.5) is 0 Å². The third kappa shape index (κ3) is 3.77. The van der Waals surface area contributed by atoms with Gasteiger partial charge in [-0.1, -0.05) is 18.5 Å². The molecule has 114 valence electrons. The van der Waals surface area contributed by atoms with Crippen LogP contribution in [-0.2, 0) is 6.54 Å². The fraction of sp³-hybridized carbons (Fsp3) is 0.400. The van der Waals surface area contributed by atoms with Gasteiger partial charge in [0.25, 0.3) is 0 Å². The zero-order chi connectivity index (χ0) is 14.1. The third-order valence-electron chi connectivity index (χ3n) is 3.88. The molecule has 1 aliphatic rings. The molecule has 0 saturated carbocycles. The number of nitrogens with two attached hydrogens (primary N) is 1. The molecule has 1 saturated heterocycles. The first-order valence-corrected chi connectivity index (χ1v) is 7.27. The maximum absolute atomic E-state index is 6.06. The van der Waals surface area contributed by atoms with Gasteiger partial charge in [0.1, 0.15) is 0 Å². The van der Waals surface area contributed by atoms with Crippen LogP contribution in [0.1, 0.15) is 12.5 Å². The quantitative estimate of drug-likeness (QED) is 0.943. The largest absolute Gasteiger partial charge is 0.326 e. The lowest BCUT2D eigenvalue weighted by Gasteiger charge is -2.13. The molecule has 3 rings (SSSR count). The van der Waals surface area contributed by atoms with E-state index in [1.54, 1.807) is 0 Å². The third-order valence-corrected chi connectivity index (χ3v) is 4.13. The molecule has 0 aliphatic carbocycles. The van der Waals surface area contributed by atoms with E-state index < -0.39 is 0 Å². The molecule has 1 aromatic heterocycles. The Morgan fingerprint density at radius 3 is 2.62 bits per heavy atom. The highest BCUT2D eigenvalue weighted by Crippen LogP contribution is 2.18. The van der Waals surface area contributed by atoms with Gasteiger partial charge in [0.2, 0.25) is 0 Å². The summed E-state index contributed by atoms with van der Waals surface area (Å²) in [4.78, 5) is 2.39. The molecule has 0 amide bonds. The molecule has 21 heavy (non-hydrogen) atoms. The van der Waals surface area contributed by atoms with Gasteiger partial charge in [-0.3, -0.25) is 4.90 Å². The molecule has 2 heterocycles. The monoisotopic (exact) mass is 326 g/mol. The standard InChI is InChI=1S/C15H19ClN4.ClH/c1-11-7-19(10-15(11)17)8-12-6-18-20(9-12)14-4-2-13(16)3-5-14;/h2-6,9,11,15H,7-8,10,17H2,1H3;1H. The molecule has 2 unspecified atom stereocenters. The molecule has 0 spiro atoms. The van der Waals surface area contributed by atoms with Crippen molar-refractivity contribution in [3.05, 3.63) is 47.2 Å². The first-order chi connectivity index (χ1) is 9.61.